The Balaban J connectivity index is 1.59. The summed E-state index contributed by atoms with van der Waals surface area (Å²) in [6.07, 6.45) is 5.75. The van der Waals surface area contributed by atoms with Crippen LogP contribution >= 0.6 is 11.6 Å². The summed E-state index contributed by atoms with van der Waals surface area (Å²) in [5.74, 6) is -0.318. The second kappa shape index (κ2) is 9.72. The maximum Gasteiger partial charge on any atom is 0.148 e. The Morgan fingerprint density at radius 1 is 1.24 bits per heavy atom. The van der Waals surface area contributed by atoms with Gasteiger partial charge >= 0.3 is 0 Å². The Bertz CT molecular complexity index is 1510. The van der Waals surface area contributed by atoms with Gasteiger partial charge in [-0.15, -0.1) is 5.53 Å². The van der Waals surface area contributed by atoms with Crippen LogP contribution < -0.4 is 21.6 Å². The van der Waals surface area contributed by atoms with Crippen molar-refractivity contribution in [2.45, 2.75) is 38.2 Å². The molecular formula is C27H27BClFN8. The van der Waals surface area contributed by atoms with Gasteiger partial charge in [-0.05, 0) is 56.5 Å². The van der Waals surface area contributed by atoms with Gasteiger partial charge in [0.15, 0.2) is 0 Å². The lowest BCUT2D eigenvalue weighted by Crippen LogP contribution is -2.45. The van der Waals surface area contributed by atoms with Gasteiger partial charge in [-0.1, -0.05) is 23.7 Å². The van der Waals surface area contributed by atoms with E-state index in [0.717, 1.165) is 24.1 Å². The molecule has 192 valence electrons. The third kappa shape index (κ3) is 4.93. The number of benzene rings is 2. The minimum Gasteiger partial charge on any atom is -0.382 e. The fourth-order valence-electron chi connectivity index (χ4n) is 4.45. The number of pyridine rings is 1. The predicted octanol–water partition coefficient (Wildman–Crippen LogP) is 4.09. The molecule has 0 radical (unpaired) electrons. The molecule has 2 heterocycles. The van der Waals surface area contributed by atoms with Crippen LogP contribution in [0.3, 0.4) is 0 Å². The van der Waals surface area contributed by atoms with Crippen molar-refractivity contribution in [2.75, 3.05) is 17.2 Å². The number of aromatic nitrogens is 1. The molecule has 1 atom stereocenters. The van der Waals surface area contributed by atoms with E-state index in [0.29, 0.717) is 45.5 Å². The van der Waals surface area contributed by atoms with Gasteiger partial charge in [0.25, 0.3) is 0 Å². The van der Waals surface area contributed by atoms with Gasteiger partial charge < -0.3 is 16.1 Å². The average Bonchev–Trinajstić information content (AvgIpc) is 3.63. The van der Waals surface area contributed by atoms with E-state index in [2.05, 4.69) is 38.7 Å². The van der Waals surface area contributed by atoms with Crippen molar-refractivity contribution in [3.8, 4) is 12.1 Å². The highest BCUT2D eigenvalue weighted by molar-refractivity contribution is 6.36. The summed E-state index contributed by atoms with van der Waals surface area (Å²) in [6.45, 7) is 3.98. The van der Waals surface area contributed by atoms with Crippen LogP contribution in [-0.2, 0) is 5.44 Å². The van der Waals surface area contributed by atoms with Crippen LogP contribution in [0.2, 0.25) is 5.02 Å². The average molecular weight is 529 g/mol. The molecule has 1 fully saturated rings. The Labute approximate surface area is 226 Å². The molecule has 3 aromatic rings. The summed E-state index contributed by atoms with van der Waals surface area (Å²) < 4.78 is 13.8. The molecule has 0 saturated heterocycles. The molecule has 1 aromatic heterocycles. The zero-order valence-electron chi connectivity index (χ0n) is 21.4. The van der Waals surface area contributed by atoms with Gasteiger partial charge in [-0.2, -0.15) is 10.5 Å². The second-order valence-corrected chi connectivity index (χ2v) is 10.9. The quantitative estimate of drug-likeness (QED) is 0.324. The van der Waals surface area contributed by atoms with Gasteiger partial charge in [0, 0.05) is 36.1 Å². The monoisotopic (exact) mass is 528 g/mol. The van der Waals surface area contributed by atoms with Crippen LogP contribution in [0.5, 0.6) is 0 Å². The first-order chi connectivity index (χ1) is 18.1. The van der Waals surface area contributed by atoms with Crippen LogP contribution in [0.25, 0.3) is 10.9 Å². The van der Waals surface area contributed by atoms with E-state index in [4.69, 9.17) is 11.6 Å². The number of halogens is 2. The van der Waals surface area contributed by atoms with Crippen molar-refractivity contribution in [1.82, 2.24) is 21.0 Å². The van der Waals surface area contributed by atoms with Crippen molar-refractivity contribution >= 4 is 41.7 Å². The van der Waals surface area contributed by atoms with Gasteiger partial charge in [0.05, 0.1) is 44.4 Å². The van der Waals surface area contributed by atoms with Crippen molar-refractivity contribution in [1.29, 1.82) is 10.5 Å². The van der Waals surface area contributed by atoms with Crippen LogP contribution in [0.15, 0.2) is 54.5 Å². The lowest BCUT2D eigenvalue weighted by molar-refractivity contribution is 0.260. The number of hydrogen-bond acceptors (Lipinski definition) is 8. The minimum absolute atomic E-state index is 0.318. The number of anilines is 2. The lowest BCUT2D eigenvalue weighted by Gasteiger charge is -2.34. The lowest BCUT2D eigenvalue weighted by atomic mass is 9.69. The number of nitrogens with one attached hydrogen (secondary N) is 4. The van der Waals surface area contributed by atoms with Gasteiger partial charge in [-0.3, -0.25) is 9.99 Å². The summed E-state index contributed by atoms with van der Waals surface area (Å²) in [5.41, 5.74) is 8.87. The van der Waals surface area contributed by atoms with E-state index in [1.165, 1.54) is 18.3 Å². The number of nitrogens with zero attached hydrogens (tertiary/aromatic N) is 4. The smallest absolute Gasteiger partial charge is 0.148 e. The summed E-state index contributed by atoms with van der Waals surface area (Å²) in [7, 11) is 2.01. The van der Waals surface area contributed by atoms with Crippen molar-refractivity contribution < 1.29 is 4.39 Å². The zero-order valence-corrected chi connectivity index (χ0v) is 22.1. The van der Waals surface area contributed by atoms with Crippen molar-refractivity contribution in [2.24, 2.45) is 5.41 Å². The molecule has 11 heteroatoms. The summed E-state index contributed by atoms with van der Waals surface area (Å²) in [4.78, 5) is 4.43. The maximum absolute atomic E-state index is 13.8. The molecule has 1 aliphatic heterocycles. The molecule has 8 nitrogen and oxygen atoms in total. The molecule has 1 unspecified atom stereocenters. The van der Waals surface area contributed by atoms with E-state index < -0.39 is 10.9 Å². The molecule has 2 aliphatic rings. The molecule has 0 spiro atoms. The summed E-state index contributed by atoms with van der Waals surface area (Å²) >= 11 is 6.71. The topological polar surface area (TPSA) is 112 Å². The van der Waals surface area contributed by atoms with E-state index >= 15 is 0 Å². The third-order valence-electron chi connectivity index (χ3n) is 6.94. The van der Waals surface area contributed by atoms with Gasteiger partial charge in [0.1, 0.15) is 19.7 Å². The first-order valence-corrected chi connectivity index (χ1v) is 12.8. The summed E-state index contributed by atoms with van der Waals surface area (Å²) in [6, 6.07) is 14.9. The molecule has 5 rings (SSSR count). The fraction of sp³-hybridized carbons (Fsp3) is 0.296. The number of hydrazine groups is 2. The summed E-state index contributed by atoms with van der Waals surface area (Å²) in [5, 5.41) is 29.2. The highest BCUT2D eigenvalue weighted by atomic mass is 35.5. The molecule has 38 heavy (non-hydrogen) atoms. The molecule has 4 N–H and O–H groups in total. The van der Waals surface area contributed by atoms with E-state index in [9.17, 15) is 14.9 Å². The largest absolute Gasteiger partial charge is 0.382 e. The highest BCUT2D eigenvalue weighted by Gasteiger charge is 2.38. The molecule has 0 bridgehead atoms. The fourth-order valence-corrected chi connectivity index (χ4v) is 4.72. The maximum atomic E-state index is 13.8. The molecule has 1 saturated carbocycles. The Kier molecular flexibility index (Phi) is 6.56. The third-order valence-corrected chi connectivity index (χ3v) is 7.23. The predicted molar refractivity (Wildman–Crippen MR) is 149 cm³/mol. The van der Waals surface area contributed by atoms with Crippen LogP contribution in [0.1, 0.15) is 37.8 Å². The van der Waals surface area contributed by atoms with Crippen LogP contribution in [-0.4, -0.2) is 30.4 Å². The Morgan fingerprint density at radius 3 is 2.63 bits per heavy atom. The van der Waals surface area contributed by atoms with E-state index in [-0.39, 0.29) is 5.82 Å². The van der Waals surface area contributed by atoms with Crippen molar-refractivity contribution in [3.63, 3.8) is 0 Å². The van der Waals surface area contributed by atoms with Gasteiger partial charge in [-0.25, -0.2) is 4.39 Å². The molecule has 0 amide bonds. The molecule has 1 aliphatic carbocycles. The minimum atomic E-state index is -0.794. The SMILES string of the molecule is BC(Nc1cc(Cl)c2ncc(C#N)c(NCC(C)(C)C#N)c2c1)(C1=CN(C2CC2)NN1)c1ccc(F)cc1. The highest BCUT2D eigenvalue weighted by Crippen LogP contribution is 2.38. The molecule has 2 aromatic carbocycles. The second-order valence-electron chi connectivity index (χ2n) is 10.5. The normalized spacial score (nSPS) is 16.7. The first kappa shape index (κ1) is 25.7. The zero-order chi connectivity index (χ0) is 27.1. The number of nitriles is 2. The van der Waals surface area contributed by atoms with Crippen LogP contribution in [0.4, 0.5) is 15.8 Å². The number of fused-ring (bicyclic) bond motifs is 1. The number of hydrogen-bond donors (Lipinski definition) is 4. The van der Waals surface area contributed by atoms with Crippen molar-refractivity contribution in [3.05, 3.63) is 76.5 Å². The van der Waals surface area contributed by atoms with Crippen LogP contribution in [0, 0.1) is 33.9 Å². The standard InChI is InChI=1S/C27H27BClFN8/c1-26(2,14-32)15-34-24-16(11-31)12-33-25-21(24)9-19(10-22(25)29)35-27(28,17-3-5-18(30)6-4-17)23-13-38(37-36-23)20-7-8-20/h3-6,9-10,12-13,20,35-37H,7-8,15,28H2,1-2H3,(H,33,34). The van der Waals surface area contributed by atoms with E-state index in [1.807, 2.05) is 39.0 Å². The van der Waals surface area contributed by atoms with E-state index in [1.54, 1.807) is 18.2 Å². The Morgan fingerprint density at radius 2 is 1.97 bits per heavy atom. The molecular weight excluding hydrogens is 502 g/mol. The Hall–Kier alpha value is -3.99. The number of rotatable bonds is 8. The van der Waals surface area contributed by atoms with Gasteiger partial charge in [0.2, 0.25) is 0 Å². The first-order valence-electron chi connectivity index (χ1n) is 12.4.